The second-order valence-electron chi connectivity index (χ2n) is 2.86. The van der Waals surface area contributed by atoms with Crippen LogP contribution >= 0.6 is 0 Å². The minimum absolute atomic E-state index is 0.0412. The SMILES string of the molecule is CCCC(CCCC(=O)O)=C(F)F. The zero-order valence-corrected chi connectivity index (χ0v) is 7.65. The average Bonchev–Trinajstić information content (AvgIpc) is 2.02. The quantitative estimate of drug-likeness (QED) is 0.701. The van der Waals surface area contributed by atoms with E-state index < -0.39 is 12.0 Å². The third-order valence-electron chi connectivity index (χ3n) is 1.69. The maximum atomic E-state index is 12.1. The van der Waals surface area contributed by atoms with Crippen molar-refractivity contribution in [1.82, 2.24) is 0 Å². The van der Waals surface area contributed by atoms with E-state index in [1.807, 2.05) is 6.92 Å². The van der Waals surface area contributed by atoms with E-state index in [1.165, 1.54) is 0 Å². The van der Waals surface area contributed by atoms with Gasteiger partial charge in [-0.2, -0.15) is 8.78 Å². The van der Waals surface area contributed by atoms with Crippen molar-refractivity contribution in [2.75, 3.05) is 0 Å². The van der Waals surface area contributed by atoms with E-state index in [1.54, 1.807) is 0 Å². The van der Waals surface area contributed by atoms with Crippen molar-refractivity contribution in [2.45, 2.75) is 39.0 Å². The second-order valence-corrected chi connectivity index (χ2v) is 2.86. The van der Waals surface area contributed by atoms with Crippen molar-refractivity contribution < 1.29 is 18.7 Å². The normalized spacial score (nSPS) is 9.77. The Kier molecular flexibility index (Phi) is 6.10. The lowest BCUT2D eigenvalue weighted by Gasteiger charge is -2.02. The molecule has 0 heterocycles. The Bertz CT molecular complexity index is 196. The molecule has 0 unspecified atom stereocenters. The molecule has 0 fully saturated rings. The minimum atomic E-state index is -1.65. The highest BCUT2D eigenvalue weighted by molar-refractivity contribution is 5.66. The number of carboxylic acid groups (broad SMARTS) is 1. The van der Waals surface area contributed by atoms with Crippen molar-refractivity contribution in [3.05, 3.63) is 11.7 Å². The molecule has 0 atom stereocenters. The number of rotatable bonds is 6. The molecule has 4 heteroatoms. The van der Waals surface area contributed by atoms with Crippen LogP contribution in [0.3, 0.4) is 0 Å². The first-order valence-electron chi connectivity index (χ1n) is 4.32. The number of aliphatic carboxylic acids is 1. The van der Waals surface area contributed by atoms with Crippen molar-refractivity contribution in [3.8, 4) is 0 Å². The lowest BCUT2D eigenvalue weighted by molar-refractivity contribution is -0.137. The van der Waals surface area contributed by atoms with Crippen LogP contribution in [0.25, 0.3) is 0 Å². The molecular weight excluding hydrogens is 178 g/mol. The van der Waals surface area contributed by atoms with Crippen LogP contribution in [-0.2, 0) is 4.79 Å². The molecule has 0 aromatic rings. The number of allylic oxidation sites excluding steroid dienone is 1. The molecule has 0 spiro atoms. The first kappa shape index (κ1) is 12.1. The fraction of sp³-hybridized carbons (Fsp3) is 0.667. The average molecular weight is 192 g/mol. The summed E-state index contributed by atoms with van der Waals surface area (Å²) in [4.78, 5) is 10.1. The summed E-state index contributed by atoms with van der Waals surface area (Å²) in [7, 11) is 0. The topological polar surface area (TPSA) is 37.3 Å². The fourth-order valence-corrected chi connectivity index (χ4v) is 1.07. The molecule has 0 aliphatic rings. The van der Waals surface area contributed by atoms with Gasteiger partial charge >= 0.3 is 5.97 Å². The van der Waals surface area contributed by atoms with Gasteiger partial charge in [-0.15, -0.1) is 0 Å². The predicted molar refractivity (Wildman–Crippen MR) is 45.6 cm³/mol. The minimum Gasteiger partial charge on any atom is -0.481 e. The summed E-state index contributed by atoms with van der Waals surface area (Å²) in [5.41, 5.74) is 0.101. The molecule has 2 nitrogen and oxygen atoms in total. The summed E-state index contributed by atoms with van der Waals surface area (Å²) in [6.07, 6.45) is -0.167. The van der Waals surface area contributed by atoms with E-state index in [4.69, 9.17) is 5.11 Å². The van der Waals surface area contributed by atoms with Gasteiger partial charge < -0.3 is 5.11 Å². The molecule has 0 aliphatic heterocycles. The van der Waals surface area contributed by atoms with E-state index in [0.717, 1.165) is 0 Å². The molecule has 0 radical (unpaired) electrons. The van der Waals surface area contributed by atoms with Crippen LogP contribution in [-0.4, -0.2) is 11.1 Å². The molecule has 0 aromatic carbocycles. The third kappa shape index (κ3) is 6.25. The molecule has 0 rings (SSSR count). The molecule has 0 aromatic heterocycles. The highest BCUT2D eigenvalue weighted by atomic mass is 19.3. The number of hydrogen-bond acceptors (Lipinski definition) is 1. The first-order valence-corrected chi connectivity index (χ1v) is 4.32. The van der Waals surface area contributed by atoms with Gasteiger partial charge in [-0.3, -0.25) is 4.79 Å². The molecule has 0 saturated heterocycles. The molecule has 76 valence electrons. The van der Waals surface area contributed by atoms with Crippen molar-refractivity contribution in [2.24, 2.45) is 0 Å². The largest absolute Gasteiger partial charge is 0.481 e. The van der Waals surface area contributed by atoms with Crippen LogP contribution in [0, 0.1) is 0 Å². The van der Waals surface area contributed by atoms with Gasteiger partial charge in [0.1, 0.15) is 0 Å². The molecule has 1 N–H and O–H groups in total. The Labute approximate surface area is 76.3 Å². The van der Waals surface area contributed by atoms with Gasteiger partial charge in [-0.05, 0) is 24.8 Å². The maximum Gasteiger partial charge on any atom is 0.303 e. The summed E-state index contributed by atoms with van der Waals surface area (Å²) in [6, 6.07) is 0. The first-order chi connectivity index (χ1) is 6.07. The predicted octanol–water partition coefficient (Wildman–Crippen LogP) is 3.19. The Morgan fingerprint density at radius 1 is 1.23 bits per heavy atom. The molecular formula is C9H14F2O2. The number of carbonyl (C=O) groups is 1. The molecule has 0 bridgehead atoms. The van der Waals surface area contributed by atoms with Crippen molar-refractivity contribution >= 4 is 5.97 Å². The van der Waals surface area contributed by atoms with Crippen LogP contribution in [0.1, 0.15) is 39.0 Å². The van der Waals surface area contributed by atoms with Crippen molar-refractivity contribution in [1.29, 1.82) is 0 Å². The Hall–Kier alpha value is -0.930. The molecule has 0 aliphatic carbocycles. The Morgan fingerprint density at radius 2 is 1.85 bits per heavy atom. The number of hydrogen-bond donors (Lipinski definition) is 1. The van der Waals surface area contributed by atoms with Gasteiger partial charge in [0, 0.05) is 6.42 Å². The van der Waals surface area contributed by atoms with Gasteiger partial charge in [-0.25, -0.2) is 0 Å². The summed E-state index contributed by atoms with van der Waals surface area (Å²) >= 11 is 0. The standard InChI is InChI=1S/C9H14F2O2/c1-2-4-7(9(10)11)5-3-6-8(12)13/h2-6H2,1H3,(H,12,13). The van der Waals surface area contributed by atoms with Crippen LogP contribution in [0.5, 0.6) is 0 Å². The summed E-state index contributed by atoms with van der Waals surface area (Å²) < 4.78 is 24.3. The molecule has 13 heavy (non-hydrogen) atoms. The van der Waals surface area contributed by atoms with Crippen LogP contribution in [0.15, 0.2) is 11.7 Å². The maximum absolute atomic E-state index is 12.1. The van der Waals surface area contributed by atoms with E-state index in [9.17, 15) is 13.6 Å². The fourth-order valence-electron chi connectivity index (χ4n) is 1.07. The monoisotopic (exact) mass is 192 g/mol. The zero-order chi connectivity index (χ0) is 10.3. The second kappa shape index (κ2) is 6.57. The van der Waals surface area contributed by atoms with E-state index in [2.05, 4.69) is 0 Å². The lowest BCUT2D eigenvalue weighted by Crippen LogP contribution is -1.95. The van der Waals surface area contributed by atoms with Gasteiger partial charge in [-0.1, -0.05) is 13.3 Å². The van der Waals surface area contributed by atoms with Gasteiger partial charge in [0.25, 0.3) is 6.08 Å². The Morgan fingerprint density at radius 3 is 2.23 bits per heavy atom. The number of carboxylic acids is 1. The summed E-state index contributed by atoms with van der Waals surface area (Å²) in [5, 5.41) is 8.29. The molecule has 0 amide bonds. The molecule has 0 saturated carbocycles. The van der Waals surface area contributed by atoms with Crippen LogP contribution in [0.4, 0.5) is 8.78 Å². The van der Waals surface area contributed by atoms with Gasteiger partial charge in [0.15, 0.2) is 0 Å². The smallest absolute Gasteiger partial charge is 0.303 e. The highest BCUT2D eigenvalue weighted by Gasteiger charge is 2.06. The lowest BCUT2D eigenvalue weighted by atomic mass is 10.1. The van der Waals surface area contributed by atoms with Crippen LogP contribution in [0.2, 0.25) is 0 Å². The number of halogens is 2. The summed E-state index contributed by atoms with van der Waals surface area (Å²) in [6.45, 7) is 1.82. The highest BCUT2D eigenvalue weighted by Crippen LogP contribution is 2.19. The van der Waals surface area contributed by atoms with Crippen molar-refractivity contribution in [3.63, 3.8) is 0 Å². The van der Waals surface area contributed by atoms with Gasteiger partial charge in [0.2, 0.25) is 0 Å². The van der Waals surface area contributed by atoms with Crippen LogP contribution < -0.4 is 0 Å². The Balaban J connectivity index is 3.85. The van der Waals surface area contributed by atoms with E-state index >= 15 is 0 Å². The zero-order valence-electron chi connectivity index (χ0n) is 7.65. The summed E-state index contributed by atoms with van der Waals surface area (Å²) in [5.74, 6) is -0.935. The van der Waals surface area contributed by atoms with Gasteiger partial charge in [0.05, 0.1) is 0 Å². The van der Waals surface area contributed by atoms with E-state index in [0.29, 0.717) is 19.3 Å². The van der Waals surface area contributed by atoms with E-state index in [-0.39, 0.29) is 18.4 Å². The third-order valence-corrected chi connectivity index (χ3v) is 1.69.